The van der Waals surface area contributed by atoms with E-state index in [9.17, 15) is 0 Å². The van der Waals surface area contributed by atoms with E-state index in [1.807, 2.05) is 7.11 Å². The van der Waals surface area contributed by atoms with Crippen molar-refractivity contribution in [3.05, 3.63) is 0 Å². The van der Waals surface area contributed by atoms with Gasteiger partial charge in [0.05, 0.1) is 6.10 Å². The van der Waals surface area contributed by atoms with Crippen molar-refractivity contribution in [1.29, 1.82) is 0 Å². The molecule has 0 aromatic heterocycles. The first-order valence-electron chi connectivity index (χ1n) is 7.08. The Balaban J connectivity index is 2.44. The fraction of sp³-hybridized carbons (Fsp3) is 1.00. The lowest BCUT2D eigenvalue weighted by molar-refractivity contribution is 0.0110. The third kappa shape index (κ3) is 4.57. The second-order valence-corrected chi connectivity index (χ2v) is 5.63. The van der Waals surface area contributed by atoms with Crippen molar-refractivity contribution in [2.45, 2.75) is 58.7 Å². The molecule has 0 amide bonds. The van der Waals surface area contributed by atoms with E-state index in [1.54, 1.807) is 0 Å². The van der Waals surface area contributed by atoms with Crippen molar-refractivity contribution in [3.8, 4) is 0 Å². The fourth-order valence-electron chi connectivity index (χ4n) is 2.69. The first-order valence-corrected chi connectivity index (χ1v) is 7.08. The van der Waals surface area contributed by atoms with Crippen LogP contribution >= 0.6 is 0 Å². The molecular formula is C14H30N2O. The third-order valence-electron chi connectivity index (χ3n) is 4.00. The average molecular weight is 242 g/mol. The monoisotopic (exact) mass is 242 g/mol. The summed E-state index contributed by atoms with van der Waals surface area (Å²) in [6.07, 6.45) is 2.82. The minimum atomic E-state index is 0.470. The van der Waals surface area contributed by atoms with Crippen LogP contribution in [0.25, 0.3) is 0 Å². The zero-order chi connectivity index (χ0) is 12.8. The molecule has 0 bridgehead atoms. The number of nitrogens with one attached hydrogen (secondary N) is 1. The van der Waals surface area contributed by atoms with Crippen LogP contribution in [-0.4, -0.2) is 49.8 Å². The van der Waals surface area contributed by atoms with Crippen LogP contribution in [0, 0.1) is 5.92 Å². The highest BCUT2D eigenvalue weighted by Gasteiger charge is 2.27. The Morgan fingerprint density at radius 2 is 2.12 bits per heavy atom. The van der Waals surface area contributed by atoms with Gasteiger partial charge in [0.25, 0.3) is 0 Å². The SMILES string of the molecule is CCNC(CN1CCC(OC)CC1C)C(C)C. The van der Waals surface area contributed by atoms with Crippen molar-refractivity contribution in [1.82, 2.24) is 10.2 Å². The predicted octanol–water partition coefficient (Wildman–Crippen LogP) is 2.12. The molecule has 102 valence electrons. The van der Waals surface area contributed by atoms with Gasteiger partial charge in [0.2, 0.25) is 0 Å². The van der Waals surface area contributed by atoms with Crippen LogP contribution in [0.5, 0.6) is 0 Å². The Kier molecular flexibility index (Phi) is 6.45. The van der Waals surface area contributed by atoms with Gasteiger partial charge < -0.3 is 10.1 Å². The largest absolute Gasteiger partial charge is 0.381 e. The number of nitrogens with zero attached hydrogens (tertiary/aromatic N) is 1. The first-order chi connectivity index (χ1) is 8.08. The van der Waals surface area contributed by atoms with Crippen molar-refractivity contribution in [2.24, 2.45) is 5.92 Å². The normalized spacial score (nSPS) is 28.6. The lowest BCUT2D eigenvalue weighted by atomic mass is 9.97. The highest BCUT2D eigenvalue weighted by Crippen LogP contribution is 2.20. The number of likely N-dealkylation sites (N-methyl/N-ethyl adjacent to an activating group) is 1. The molecule has 1 N–H and O–H groups in total. The van der Waals surface area contributed by atoms with E-state index in [-0.39, 0.29) is 0 Å². The first kappa shape index (κ1) is 14.9. The number of rotatable bonds is 6. The van der Waals surface area contributed by atoms with Crippen molar-refractivity contribution in [2.75, 3.05) is 26.7 Å². The Labute approximate surface area is 107 Å². The number of hydrogen-bond donors (Lipinski definition) is 1. The van der Waals surface area contributed by atoms with E-state index < -0.39 is 0 Å². The zero-order valence-corrected chi connectivity index (χ0v) is 12.2. The molecule has 17 heavy (non-hydrogen) atoms. The van der Waals surface area contributed by atoms with Crippen molar-refractivity contribution in [3.63, 3.8) is 0 Å². The summed E-state index contributed by atoms with van der Waals surface area (Å²) in [5, 5.41) is 3.60. The van der Waals surface area contributed by atoms with Crippen LogP contribution in [-0.2, 0) is 4.74 Å². The summed E-state index contributed by atoms with van der Waals surface area (Å²) in [5.41, 5.74) is 0. The predicted molar refractivity (Wildman–Crippen MR) is 73.4 cm³/mol. The van der Waals surface area contributed by atoms with Gasteiger partial charge in [-0.05, 0) is 32.2 Å². The number of methoxy groups -OCH3 is 1. The molecule has 0 aromatic rings. The summed E-state index contributed by atoms with van der Waals surface area (Å²) in [4.78, 5) is 2.61. The molecule has 3 heteroatoms. The summed E-state index contributed by atoms with van der Waals surface area (Å²) in [5.74, 6) is 0.697. The fourth-order valence-corrected chi connectivity index (χ4v) is 2.69. The van der Waals surface area contributed by atoms with E-state index >= 15 is 0 Å². The van der Waals surface area contributed by atoms with Gasteiger partial charge in [-0.25, -0.2) is 0 Å². The molecule has 1 saturated heterocycles. The maximum atomic E-state index is 5.47. The summed E-state index contributed by atoms with van der Waals surface area (Å²) in [6, 6.07) is 1.26. The van der Waals surface area contributed by atoms with E-state index in [0.717, 1.165) is 6.54 Å². The minimum Gasteiger partial charge on any atom is -0.381 e. The van der Waals surface area contributed by atoms with Gasteiger partial charge in [-0.15, -0.1) is 0 Å². The number of likely N-dealkylation sites (tertiary alicyclic amines) is 1. The lowest BCUT2D eigenvalue weighted by Gasteiger charge is -2.40. The Morgan fingerprint density at radius 1 is 1.41 bits per heavy atom. The molecule has 3 nitrogen and oxygen atoms in total. The molecule has 0 aliphatic carbocycles. The minimum absolute atomic E-state index is 0.470. The second kappa shape index (κ2) is 7.34. The molecule has 3 atom stereocenters. The highest BCUT2D eigenvalue weighted by molar-refractivity contribution is 4.83. The molecule has 0 radical (unpaired) electrons. The molecule has 0 aromatic carbocycles. The maximum Gasteiger partial charge on any atom is 0.0598 e. The van der Waals surface area contributed by atoms with Gasteiger partial charge in [0.15, 0.2) is 0 Å². The van der Waals surface area contributed by atoms with Crippen LogP contribution in [0.3, 0.4) is 0 Å². The number of piperidine rings is 1. The van der Waals surface area contributed by atoms with Gasteiger partial charge >= 0.3 is 0 Å². The van der Waals surface area contributed by atoms with E-state index in [1.165, 1.54) is 25.9 Å². The second-order valence-electron chi connectivity index (χ2n) is 5.63. The van der Waals surface area contributed by atoms with Crippen LogP contribution in [0.1, 0.15) is 40.5 Å². The summed E-state index contributed by atoms with van der Waals surface area (Å²) >= 11 is 0. The molecule has 0 saturated carbocycles. The molecular weight excluding hydrogens is 212 g/mol. The standard InChI is InChI=1S/C14H30N2O/c1-6-15-14(11(2)3)10-16-8-7-13(17-5)9-12(16)4/h11-15H,6-10H2,1-5H3. The van der Waals surface area contributed by atoms with E-state index in [4.69, 9.17) is 4.74 Å². The smallest absolute Gasteiger partial charge is 0.0598 e. The topological polar surface area (TPSA) is 24.5 Å². The van der Waals surface area contributed by atoms with Gasteiger partial charge in [-0.2, -0.15) is 0 Å². The van der Waals surface area contributed by atoms with E-state index in [2.05, 4.69) is 37.9 Å². The van der Waals surface area contributed by atoms with Gasteiger partial charge in [0, 0.05) is 32.3 Å². The van der Waals surface area contributed by atoms with Crippen LogP contribution < -0.4 is 5.32 Å². The quantitative estimate of drug-likeness (QED) is 0.772. The van der Waals surface area contributed by atoms with Gasteiger partial charge in [-0.3, -0.25) is 4.90 Å². The number of ether oxygens (including phenoxy) is 1. The number of hydrogen-bond acceptors (Lipinski definition) is 3. The molecule has 1 fully saturated rings. The highest BCUT2D eigenvalue weighted by atomic mass is 16.5. The van der Waals surface area contributed by atoms with Crippen molar-refractivity contribution < 1.29 is 4.74 Å². The van der Waals surface area contributed by atoms with Crippen molar-refractivity contribution >= 4 is 0 Å². The van der Waals surface area contributed by atoms with Gasteiger partial charge in [-0.1, -0.05) is 20.8 Å². The summed E-state index contributed by atoms with van der Waals surface area (Å²) in [7, 11) is 1.84. The zero-order valence-electron chi connectivity index (χ0n) is 12.2. The molecule has 1 aliphatic heterocycles. The summed E-state index contributed by atoms with van der Waals surface area (Å²) in [6.45, 7) is 12.5. The van der Waals surface area contributed by atoms with E-state index in [0.29, 0.717) is 24.1 Å². The molecule has 1 aliphatic rings. The Hall–Kier alpha value is -0.120. The van der Waals surface area contributed by atoms with Gasteiger partial charge in [0.1, 0.15) is 0 Å². The Bertz CT molecular complexity index is 208. The maximum absolute atomic E-state index is 5.47. The third-order valence-corrected chi connectivity index (χ3v) is 4.00. The average Bonchev–Trinajstić information content (AvgIpc) is 2.30. The van der Waals surface area contributed by atoms with Crippen LogP contribution in [0.15, 0.2) is 0 Å². The lowest BCUT2D eigenvalue weighted by Crippen LogP contribution is -2.50. The molecule has 1 heterocycles. The summed E-state index contributed by atoms with van der Waals surface area (Å²) < 4.78 is 5.47. The Morgan fingerprint density at radius 3 is 2.59 bits per heavy atom. The molecule has 1 rings (SSSR count). The van der Waals surface area contributed by atoms with Crippen LogP contribution in [0.4, 0.5) is 0 Å². The molecule has 0 spiro atoms. The molecule has 3 unspecified atom stereocenters. The van der Waals surface area contributed by atoms with Crippen LogP contribution in [0.2, 0.25) is 0 Å².